The van der Waals surface area contributed by atoms with E-state index in [0.29, 0.717) is 23.1 Å². The third-order valence-corrected chi connectivity index (χ3v) is 8.16. The number of amides is 3. The molecule has 0 aliphatic heterocycles. The number of hydrogen-bond donors (Lipinski definition) is 2. The van der Waals surface area contributed by atoms with Gasteiger partial charge in [-0.1, -0.05) is 17.7 Å². The minimum Gasteiger partial charge on any atom is -0.326 e. The van der Waals surface area contributed by atoms with Gasteiger partial charge in [-0.2, -0.15) is 18.4 Å². The van der Waals surface area contributed by atoms with Gasteiger partial charge in [0.1, 0.15) is 34.8 Å². The maximum Gasteiger partial charge on any atom is 0.419 e. The quantitative estimate of drug-likeness (QED) is 0.175. The molecule has 1 aliphatic carbocycles. The Morgan fingerprint density at radius 2 is 1.65 bits per heavy atom. The number of nitrogens with one attached hydrogen (secondary N) is 2. The minimum absolute atomic E-state index is 0.0686. The van der Waals surface area contributed by atoms with Crippen molar-refractivity contribution in [1.82, 2.24) is 0 Å². The molecule has 242 valence electrons. The summed E-state index contributed by atoms with van der Waals surface area (Å²) in [6, 6.07) is 8.62. The first-order valence-electron chi connectivity index (χ1n) is 12.9. The molecule has 0 spiro atoms. The third kappa shape index (κ3) is 7.01. The zero-order valence-electron chi connectivity index (χ0n) is 22.8. The minimum atomic E-state index is -5.02. The first-order valence-corrected chi connectivity index (χ1v) is 14.0. The van der Waals surface area contributed by atoms with E-state index in [1.807, 2.05) is 0 Å². The average molecular weight is 710 g/mol. The zero-order valence-corrected chi connectivity index (χ0v) is 25.1. The third-order valence-electron chi connectivity index (χ3n) is 6.89. The first kappa shape index (κ1) is 34.8. The highest BCUT2D eigenvalue weighted by molar-refractivity contribution is 6.53. The molecule has 4 rings (SSSR count). The largest absolute Gasteiger partial charge is 0.419 e. The fourth-order valence-electron chi connectivity index (χ4n) is 4.70. The van der Waals surface area contributed by atoms with Crippen molar-refractivity contribution in [2.24, 2.45) is 5.92 Å². The van der Waals surface area contributed by atoms with Gasteiger partial charge in [0.05, 0.1) is 40.4 Å². The molecule has 17 heteroatoms. The lowest BCUT2D eigenvalue weighted by molar-refractivity contribution is -0.140. The summed E-state index contributed by atoms with van der Waals surface area (Å²) in [5, 5.41) is 13.1. The van der Waals surface area contributed by atoms with Crippen molar-refractivity contribution in [2.45, 2.75) is 22.8 Å². The maximum atomic E-state index is 15.3. The molecule has 3 amide bonds. The molecule has 3 aromatic rings. The summed E-state index contributed by atoms with van der Waals surface area (Å²) >= 11 is 18.6. The number of nitriles is 1. The van der Waals surface area contributed by atoms with E-state index in [2.05, 4.69) is 10.6 Å². The van der Waals surface area contributed by atoms with Crippen LogP contribution in [0.15, 0.2) is 48.5 Å². The van der Waals surface area contributed by atoms with E-state index < -0.39 is 94.1 Å². The summed E-state index contributed by atoms with van der Waals surface area (Å²) in [5.74, 6) is -9.74. The topological polar surface area (TPSA) is 102 Å². The number of alkyl halides is 6. The number of benzene rings is 3. The monoisotopic (exact) mass is 708 g/mol. The Bertz CT molecular complexity index is 1760. The van der Waals surface area contributed by atoms with Gasteiger partial charge < -0.3 is 15.5 Å². The van der Waals surface area contributed by atoms with Crippen molar-refractivity contribution in [1.29, 1.82) is 5.26 Å². The summed E-state index contributed by atoms with van der Waals surface area (Å²) < 4.78 is 94.5. The maximum absolute atomic E-state index is 15.3. The summed E-state index contributed by atoms with van der Waals surface area (Å²) in [7, 11) is 0. The molecule has 7 nitrogen and oxygen atoms in total. The lowest BCUT2D eigenvalue weighted by Gasteiger charge is -2.22. The van der Waals surface area contributed by atoms with Gasteiger partial charge >= 0.3 is 6.18 Å². The van der Waals surface area contributed by atoms with Gasteiger partial charge in [-0.3, -0.25) is 14.4 Å². The molecule has 1 aliphatic rings. The Labute approximate surface area is 270 Å². The van der Waals surface area contributed by atoms with E-state index in [1.165, 1.54) is 18.2 Å². The van der Waals surface area contributed by atoms with E-state index in [1.54, 1.807) is 0 Å². The van der Waals surface area contributed by atoms with Crippen molar-refractivity contribution in [3.63, 3.8) is 0 Å². The van der Waals surface area contributed by atoms with Crippen LogP contribution in [0.5, 0.6) is 0 Å². The second-order valence-electron chi connectivity index (χ2n) is 9.83. The van der Waals surface area contributed by atoms with Crippen molar-refractivity contribution >= 4 is 69.6 Å². The van der Waals surface area contributed by atoms with Crippen LogP contribution in [0.2, 0.25) is 5.02 Å². The first-order chi connectivity index (χ1) is 21.5. The van der Waals surface area contributed by atoms with Crippen molar-refractivity contribution in [3.8, 4) is 6.07 Å². The molecule has 0 aromatic heterocycles. The van der Waals surface area contributed by atoms with Crippen LogP contribution in [0.25, 0.3) is 0 Å². The lowest BCUT2D eigenvalue weighted by atomic mass is 10.0. The van der Waals surface area contributed by atoms with Crippen LogP contribution in [0.1, 0.15) is 33.8 Å². The molecule has 0 heterocycles. The number of rotatable bonds is 9. The second-order valence-corrected chi connectivity index (χ2v) is 11.7. The molecule has 0 saturated heterocycles. The smallest absolute Gasteiger partial charge is 0.326 e. The molecular formula is C29H18Cl3F7N4O3. The average Bonchev–Trinajstić information content (AvgIpc) is 3.56. The van der Waals surface area contributed by atoms with Gasteiger partial charge in [0.25, 0.3) is 5.91 Å². The van der Waals surface area contributed by atoms with Crippen LogP contribution in [0.4, 0.5) is 47.8 Å². The van der Waals surface area contributed by atoms with Crippen LogP contribution in [0.3, 0.4) is 0 Å². The number of carbonyl (C=O) groups excluding carboxylic acids is 3. The highest BCUT2D eigenvalue weighted by atomic mass is 35.5. The Balaban J connectivity index is 1.55. The Kier molecular flexibility index (Phi) is 10.1. The molecule has 3 aromatic carbocycles. The van der Waals surface area contributed by atoms with Crippen molar-refractivity contribution in [3.05, 3.63) is 87.7 Å². The van der Waals surface area contributed by atoms with Gasteiger partial charge in [0.2, 0.25) is 11.8 Å². The van der Waals surface area contributed by atoms with Crippen LogP contribution in [-0.4, -0.2) is 35.3 Å². The molecule has 1 saturated carbocycles. The lowest BCUT2D eigenvalue weighted by Crippen LogP contribution is -2.34. The molecule has 1 unspecified atom stereocenters. The molecule has 0 bridgehead atoms. The van der Waals surface area contributed by atoms with E-state index in [9.17, 15) is 40.7 Å². The second kappa shape index (κ2) is 13.4. The van der Waals surface area contributed by atoms with Crippen LogP contribution in [0, 0.1) is 34.7 Å². The fourth-order valence-corrected chi connectivity index (χ4v) is 5.73. The van der Waals surface area contributed by atoms with E-state index in [4.69, 9.17) is 40.1 Å². The number of carbonyl (C=O) groups is 3. The van der Waals surface area contributed by atoms with Crippen LogP contribution < -0.4 is 15.5 Å². The molecule has 1 fully saturated rings. The predicted octanol–water partition coefficient (Wildman–Crippen LogP) is 7.77. The number of anilines is 3. The number of nitrogens with zero attached hydrogens (tertiary/aromatic N) is 2. The van der Waals surface area contributed by atoms with E-state index >= 15 is 4.39 Å². The standard InChI is InChI=1S/C29H18Cl3F7N4O3/c30-17-3-2-14(41-27(46)23-22(28(23,31)32)13-1-4-18(34)16(11-13)29(37,38)39)12-15(17)26(45)42-20-6-5-19(35)25(24(20)36)43(10-8-33)21(44)7-9-40/h1-6,11-12,22-23H,7-8,10H2,(H,41,46)(H,42,45)/t22-,23?/m0/s1. The zero-order chi connectivity index (χ0) is 34.1. The molecule has 0 radical (unpaired) electrons. The molecule has 2 N–H and O–H groups in total. The van der Waals surface area contributed by atoms with Crippen molar-refractivity contribution in [2.75, 3.05) is 28.8 Å². The van der Waals surface area contributed by atoms with Gasteiger partial charge in [-0.05, 0) is 48.0 Å². The van der Waals surface area contributed by atoms with Gasteiger partial charge in [-0.25, -0.2) is 17.6 Å². The SMILES string of the molecule is N#CCC(=O)N(CCF)c1c(F)ccc(NC(=O)c2cc(NC(=O)C3[C@H](c4ccc(F)c(C(F)(F)F)c4)C3(Cl)Cl)ccc2Cl)c1F. The Morgan fingerprint density at radius 1 is 0.978 bits per heavy atom. The molecule has 2 atom stereocenters. The molecular weight excluding hydrogens is 692 g/mol. The normalized spacial score (nSPS) is 16.7. The van der Waals surface area contributed by atoms with E-state index in [-0.39, 0.29) is 21.8 Å². The number of hydrogen-bond acceptors (Lipinski definition) is 4. The predicted molar refractivity (Wildman–Crippen MR) is 155 cm³/mol. The van der Waals surface area contributed by atoms with Gasteiger partial charge in [0.15, 0.2) is 5.82 Å². The van der Waals surface area contributed by atoms with Crippen molar-refractivity contribution < 1.29 is 45.1 Å². The van der Waals surface area contributed by atoms with Crippen LogP contribution in [-0.2, 0) is 15.8 Å². The van der Waals surface area contributed by atoms with E-state index in [0.717, 1.165) is 18.2 Å². The Hall–Kier alpha value is -4.06. The fraction of sp³-hybridized carbons (Fsp3) is 0.241. The van der Waals surface area contributed by atoms with Gasteiger partial charge in [-0.15, -0.1) is 23.2 Å². The summed E-state index contributed by atoms with van der Waals surface area (Å²) in [6.07, 6.45) is -5.83. The summed E-state index contributed by atoms with van der Waals surface area (Å²) in [4.78, 5) is 38.7. The Morgan fingerprint density at radius 3 is 2.28 bits per heavy atom. The summed E-state index contributed by atoms with van der Waals surface area (Å²) in [5.41, 5.74) is -3.77. The number of halogens is 10. The molecule has 46 heavy (non-hydrogen) atoms. The highest BCUT2D eigenvalue weighted by Gasteiger charge is 2.67. The highest BCUT2D eigenvalue weighted by Crippen LogP contribution is 2.65. The summed E-state index contributed by atoms with van der Waals surface area (Å²) in [6.45, 7) is -1.98. The van der Waals surface area contributed by atoms with Gasteiger partial charge in [0, 0.05) is 11.6 Å². The van der Waals surface area contributed by atoms with Crippen LogP contribution >= 0.6 is 34.8 Å².